The Kier molecular flexibility index (Phi) is 6.55. The van der Waals surface area contributed by atoms with Gasteiger partial charge < -0.3 is 24.3 Å². The van der Waals surface area contributed by atoms with Crippen molar-refractivity contribution in [3.05, 3.63) is 33.5 Å². The first-order valence-electron chi connectivity index (χ1n) is 10.1. The zero-order valence-electron chi connectivity index (χ0n) is 16.3. The Morgan fingerprint density at radius 1 is 1.43 bits per heavy atom. The second kappa shape index (κ2) is 9.11. The number of ether oxygens (including phenoxy) is 2. The number of carbonyl (C=O) groups is 1. The maximum atomic E-state index is 13.1. The Balaban J connectivity index is 1.59. The number of nitrogens with zero attached hydrogens (tertiary/aromatic N) is 2. The lowest BCUT2D eigenvalue weighted by atomic mass is 10.1. The van der Waals surface area contributed by atoms with Crippen molar-refractivity contribution < 1.29 is 14.3 Å². The Morgan fingerprint density at radius 3 is 3.00 bits per heavy atom. The number of hydrogen-bond donors (Lipinski definition) is 1. The molecule has 1 atom stereocenters. The molecule has 2 aliphatic rings. The Labute approximate surface area is 179 Å². The largest absolute Gasteiger partial charge is 0.385 e. The molecule has 0 spiro atoms. The van der Waals surface area contributed by atoms with Gasteiger partial charge in [0.2, 0.25) is 0 Å². The number of halogens is 1. The van der Waals surface area contributed by atoms with E-state index in [2.05, 4.69) is 56.9 Å². The van der Waals surface area contributed by atoms with Crippen molar-refractivity contribution in [3.8, 4) is 0 Å². The molecule has 2 heterocycles. The van der Waals surface area contributed by atoms with E-state index in [9.17, 15) is 4.79 Å². The maximum absolute atomic E-state index is 13.1. The highest BCUT2D eigenvalue weighted by molar-refractivity contribution is 14.1. The number of amides is 1. The number of rotatable bonds is 8. The van der Waals surface area contributed by atoms with Crippen LogP contribution in [-0.4, -0.2) is 60.9 Å². The van der Waals surface area contributed by atoms with Crippen molar-refractivity contribution in [3.63, 3.8) is 0 Å². The van der Waals surface area contributed by atoms with Crippen LogP contribution in [0.5, 0.6) is 0 Å². The normalized spacial score (nSPS) is 19.9. The molecule has 28 heavy (non-hydrogen) atoms. The van der Waals surface area contributed by atoms with Gasteiger partial charge in [-0.25, -0.2) is 0 Å². The first-order chi connectivity index (χ1) is 13.7. The average Bonchev–Trinajstić information content (AvgIpc) is 3.50. The van der Waals surface area contributed by atoms with Crippen LogP contribution in [0.4, 0.5) is 0 Å². The van der Waals surface area contributed by atoms with Crippen LogP contribution in [0.15, 0.2) is 24.4 Å². The molecule has 1 saturated heterocycles. The fraction of sp³-hybridized carbons (Fsp3) is 0.571. The van der Waals surface area contributed by atoms with E-state index in [1.165, 1.54) is 20.0 Å². The zero-order chi connectivity index (χ0) is 19.5. The lowest BCUT2D eigenvalue weighted by Gasteiger charge is -2.30. The summed E-state index contributed by atoms with van der Waals surface area (Å²) in [6.45, 7) is 4.35. The fourth-order valence-corrected chi connectivity index (χ4v) is 4.37. The third-order valence-electron chi connectivity index (χ3n) is 5.49. The summed E-state index contributed by atoms with van der Waals surface area (Å²) in [6, 6.07) is 6.91. The molecule has 1 aliphatic carbocycles. The summed E-state index contributed by atoms with van der Waals surface area (Å²) < 4.78 is 14.5. The van der Waals surface area contributed by atoms with Gasteiger partial charge in [-0.1, -0.05) is 6.07 Å². The monoisotopic (exact) mass is 497 g/mol. The average molecular weight is 497 g/mol. The number of nitrogens with one attached hydrogen (secondary N) is 1. The molecule has 1 saturated carbocycles. The van der Waals surface area contributed by atoms with E-state index >= 15 is 0 Å². The van der Waals surface area contributed by atoms with Gasteiger partial charge in [-0.15, -0.1) is 0 Å². The molecule has 1 N–H and O–H groups in total. The number of morpholine rings is 1. The van der Waals surface area contributed by atoms with Crippen LogP contribution in [0, 0.1) is 3.57 Å². The number of methoxy groups -OCH3 is 1. The van der Waals surface area contributed by atoms with Crippen molar-refractivity contribution in [2.24, 2.45) is 0 Å². The predicted molar refractivity (Wildman–Crippen MR) is 117 cm³/mol. The smallest absolute Gasteiger partial charge is 0.253 e. The first-order valence-corrected chi connectivity index (χ1v) is 11.1. The van der Waals surface area contributed by atoms with E-state index in [0.717, 1.165) is 39.0 Å². The first kappa shape index (κ1) is 20.1. The molecule has 0 unspecified atom stereocenters. The molecular weight excluding hydrogens is 469 g/mol. The van der Waals surface area contributed by atoms with Gasteiger partial charge in [0.05, 0.1) is 6.61 Å². The van der Waals surface area contributed by atoms with Gasteiger partial charge in [0.15, 0.2) is 0 Å². The summed E-state index contributed by atoms with van der Waals surface area (Å²) in [4.78, 5) is 15.2. The highest BCUT2D eigenvalue weighted by atomic mass is 127. The van der Waals surface area contributed by atoms with E-state index in [1.807, 2.05) is 4.90 Å². The van der Waals surface area contributed by atoms with E-state index in [0.29, 0.717) is 25.7 Å². The van der Waals surface area contributed by atoms with Crippen LogP contribution in [0.25, 0.3) is 10.9 Å². The van der Waals surface area contributed by atoms with Gasteiger partial charge in [0.25, 0.3) is 5.91 Å². The van der Waals surface area contributed by atoms with Gasteiger partial charge in [0, 0.05) is 66.6 Å². The van der Waals surface area contributed by atoms with Crippen molar-refractivity contribution in [1.82, 2.24) is 14.8 Å². The van der Waals surface area contributed by atoms with Gasteiger partial charge in [-0.2, -0.15) is 0 Å². The van der Waals surface area contributed by atoms with Gasteiger partial charge in [-0.05, 0) is 59.5 Å². The van der Waals surface area contributed by atoms with Crippen LogP contribution in [-0.2, 0) is 27.4 Å². The predicted octanol–water partition coefficient (Wildman–Crippen LogP) is 2.76. The number of fused-ring (bicyclic) bond motifs is 1. The molecule has 2 fully saturated rings. The van der Waals surface area contributed by atoms with Crippen molar-refractivity contribution >= 4 is 39.4 Å². The standard InChI is InChI=1S/C21H28IN3O3/c1-27-9-2-8-24-13-15(18-6-3-16(22)11-19(18)24)14-25(17-4-5-17)21(26)20-12-23-7-10-28-20/h3,6,11,13,17,20,23H,2,4-5,7-10,12,14H2,1H3/t20-/m1/s1. The quantitative estimate of drug-likeness (QED) is 0.451. The van der Waals surface area contributed by atoms with Crippen molar-refractivity contribution in [1.29, 1.82) is 0 Å². The molecule has 7 heteroatoms. The van der Waals surface area contributed by atoms with Gasteiger partial charge >= 0.3 is 0 Å². The van der Waals surface area contributed by atoms with E-state index < -0.39 is 0 Å². The number of aryl methyl sites for hydroxylation is 1. The Bertz CT molecular complexity index is 828. The molecule has 1 aliphatic heterocycles. The van der Waals surface area contributed by atoms with E-state index in [-0.39, 0.29) is 12.0 Å². The van der Waals surface area contributed by atoms with Crippen LogP contribution in [0.3, 0.4) is 0 Å². The Hall–Kier alpha value is -1.16. The van der Waals surface area contributed by atoms with Crippen LogP contribution >= 0.6 is 22.6 Å². The molecule has 1 aromatic heterocycles. The van der Waals surface area contributed by atoms with Gasteiger partial charge in [-0.3, -0.25) is 4.79 Å². The number of carbonyl (C=O) groups excluding carboxylic acids is 1. The van der Waals surface area contributed by atoms with Crippen LogP contribution in [0.2, 0.25) is 0 Å². The molecule has 0 radical (unpaired) electrons. The van der Waals surface area contributed by atoms with Crippen molar-refractivity contribution in [2.75, 3.05) is 33.4 Å². The molecule has 2 aromatic rings. The lowest BCUT2D eigenvalue weighted by Crippen LogP contribution is -2.49. The fourth-order valence-electron chi connectivity index (χ4n) is 3.90. The third-order valence-corrected chi connectivity index (χ3v) is 6.16. The number of benzene rings is 1. The number of aromatic nitrogens is 1. The topological polar surface area (TPSA) is 55.7 Å². The summed E-state index contributed by atoms with van der Waals surface area (Å²) in [7, 11) is 1.74. The van der Waals surface area contributed by atoms with E-state index in [4.69, 9.17) is 9.47 Å². The molecule has 1 aromatic carbocycles. The SMILES string of the molecule is COCCCn1cc(CN(C(=O)[C@H]2CNCCO2)C2CC2)c2ccc(I)cc21. The second-order valence-electron chi connectivity index (χ2n) is 7.62. The molecule has 1 amide bonds. The Morgan fingerprint density at radius 2 is 2.29 bits per heavy atom. The molecule has 6 nitrogen and oxygen atoms in total. The third kappa shape index (κ3) is 4.53. The highest BCUT2D eigenvalue weighted by Crippen LogP contribution is 2.32. The second-order valence-corrected chi connectivity index (χ2v) is 8.86. The minimum atomic E-state index is -0.356. The van der Waals surface area contributed by atoms with Crippen LogP contribution < -0.4 is 5.32 Å². The number of hydrogen-bond acceptors (Lipinski definition) is 4. The minimum absolute atomic E-state index is 0.125. The summed E-state index contributed by atoms with van der Waals surface area (Å²) in [5, 5.41) is 4.51. The maximum Gasteiger partial charge on any atom is 0.253 e. The van der Waals surface area contributed by atoms with Gasteiger partial charge in [0.1, 0.15) is 6.10 Å². The summed E-state index contributed by atoms with van der Waals surface area (Å²) in [6.07, 6.45) is 5.02. The van der Waals surface area contributed by atoms with Crippen LogP contribution in [0.1, 0.15) is 24.8 Å². The summed E-state index contributed by atoms with van der Waals surface area (Å²) in [5.74, 6) is 0.125. The summed E-state index contributed by atoms with van der Waals surface area (Å²) >= 11 is 2.36. The van der Waals surface area contributed by atoms with Crippen molar-refractivity contribution in [2.45, 2.75) is 44.5 Å². The minimum Gasteiger partial charge on any atom is -0.385 e. The summed E-state index contributed by atoms with van der Waals surface area (Å²) in [5.41, 5.74) is 2.45. The highest BCUT2D eigenvalue weighted by Gasteiger charge is 2.37. The molecule has 152 valence electrons. The molecule has 0 bridgehead atoms. The zero-order valence-corrected chi connectivity index (χ0v) is 18.5. The lowest BCUT2D eigenvalue weighted by molar-refractivity contribution is -0.146. The van der Waals surface area contributed by atoms with E-state index in [1.54, 1.807) is 7.11 Å². The molecule has 4 rings (SSSR count). The molecular formula is C21H28IN3O3.